The summed E-state index contributed by atoms with van der Waals surface area (Å²) < 4.78 is 4.40. The van der Waals surface area contributed by atoms with Crippen LogP contribution < -0.4 is 10.6 Å². The van der Waals surface area contributed by atoms with Crippen LogP contribution in [0.15, 0.2) is 41.1 Å². The number of hydrogen-bond donors (Lipinski definition) is 2. The summed E-state index contributed by atoms with van der Waals surface area (Å²) in [5.41, 5.74) is 2.20. The maximum absolute atomic E-state index is 11.9. The van der Waals surface area contributed by atoms with E-state index in [0.717, 1.165) is 11.4 Å². The molecule has 0 saturated heterocycles. The van der Waals surface area contributed by atoms with Crippen molar-refractivity contribution in [1.82, 2.24) is 20.2 Å². The minimum absolute atomic E-state index is 0.0742. The number of pyridine rings is 2. The number of anilines is 1. The topological polar surface area (TPSA) is 82.5 Å². The number of nitrogens with zero attached hydrogens (tertiary/aromatic N) is 4. The van der Waals surface area contributed by atoms with Crippen LogP contribution in [0.1, 0.15) is 21.6 Å². The number of rotatable bonds is 4. The maximum Gasteiger partial charge on any atom is 0.254 e. The minimum Gasteiger partial charge on any atom is -0.345 e. The molecule has 0 bridgehead atoms. The number of hydrogen-bond acceptors (Lipinski definition) is 7. The highest BCUT2D eigenvalue weighted by Crippen LogP contribution is 2.22. The van der Waals surface area contributed by atoms with Crippen LogP contribution in [-0.4, -0.2) is 46.2 Å². The van der Waals surface area contributed by atoms with Crippen molar-refractivity contribution in [3.05, 3.63) is 53.5 Å². The lowest BCUT2D eigenvalue weighted by molar-refractivity contribution is 0.0827. The van der Waals surface area contributed by atoms with E-state index in [0.29, 0.717) is 17.1 Å². The summed E-state index contributed by atoms with van der Waals surface area (Å²) in [5.74, 6) is 1.42. The Kier molecular flexibility index (Phi) is 4.66. The molecule has 1 aliphatic heterocycles. The summed E-state index contributed by atoms with van der Waals surface area (Å²) >= 11 is 1.37. The fraction of sp³-hybridized carbons (Fsp3) is 0.250. The standard InChI is InChI=1S/C16H18N6OS/c1-10-5-4-8-17-13(10)19-16-20-14(21-24-16)12-7-6-11(9-18-12)15(23)22(2)3/h4-9,16H,1-3H3,(H,17,19)(H,20,21). The van der Waals surface area contributed by atoms with Gasteiger partial charge in [0.2, 0.25) is 0 Å². The number of carbonyl (C=O) groups excluding carboxylic acids is 1. The Morgan fingerprint density at radius 3 is 2.79 bits per heavy atom. The molecule has 1 amide bonds. The van der Waals surface area contributed by atoms with Crippen molar-refractivity contribution < 1.29 is 4.79 Å². The zero-order chi connectivity index (χ0) is 17.1. The number of nitrogens with one attached hydrogen (secondary N) is 2. The molecule has 2 aromatic heterocycles. The maximum atomic E-state index is 11.9. The van der Waals surface area contributed by atoms with E-state index in [2.05, 4.69) is 25.0 Å². The van der Waals surface area contributed by atoms with Crippen LogP contribution in [0.2, 0.25) is 0 Å². The average Bonchev–Trinajstić information content (AvgIpc) is 3.05. The van der Waals surface area contributed by atoms with Gasteiger partial charge in [-0.05, 0) is 30.7 Å². The van der Waals surface area contributed by atoms with Crippen molar-refractivity contribution in [2.75, 3.05) is 19.4 Å². The van der Waals surface area contributed by atoms with Gasteiger partial charge >= 0.3 is 0 Å². The Bertz CT molecular complexity index is 774. The largest absolute Gasteiger partial charge is 0.345 e. The first-order valence-electron chi connectivity index (χ1n) is 7.41. The van der Waals surface area contributed by atoms with Gasteiger partial charge in [0.15, 0.2) is 11.3 Å². The molecule has 2 aromatic rings. The molecule has 3 rings (SSSR count). The Morgan fingerprint density at radius 2 is 2.12 bits per heavy atom. The molecule has 0 aromatic carbocycles. The SMILES string of the molecule is Cc1cccnc1NC1NC(c2ccc(C(=O)N(C)C)cn2)=NS1. The molecule has 1 unspecified atom stereocenters. The molecule has 0 aliphatic carbocycles. The molecule has 24 heavy (non-hydrogen) atoms. The molecule has 124 valence electrons. The second-order valence-corrected chi connectivity index (χ2v) is 6.38. The quantitative estimate of drug-likeness (QED) is 0.826. The summed E-state index contributed by atoms with van der Waals surface area (Å²) in [6.45, 7) is 2.00. The van der Waals surface area contributed by atoms with Crippen LogP contribution in [0.5, 0.6) is 0 Å². The minimum atomic E-state index is -0.113. The molecule has 0 radical (unpaired) electrons. The zero-order valence-corrected chi connectivity index (χ0v) is 14.5. The van der Waals surface area contributed by atoms with E-state index in [9.17, 15) is 4.79 Å². The predicted octanol–water partition coefficient (Wildman–Crippen LogP) is 1.88. The lowest BCUT2D eigenvalue weighted by Gasteiger charge is -2.14. The van der Waals surface area contributed by atoms with Crippen LogP contribution in [0.25, 0.3) is 0 Å². The molecule has 0 saturated carbocycles. The van der Waals surface area contributed by atoms with Gasteiger partial charge < -0.3 is 15.5 Å². The van der Waals surface area contributed by atoms with E-state index < -0.39 is 0 Å². The molecule has 8 heteroatoms. The van der Waals surface area contributed by atoms with Gasteiger partial charge in [0.05, 0.1) is 5.56 Å². The van der Waals surface area contributed by atoms with Gasteiger partial charge in [-0.1, -0.05) is 6.07 Å². The van der Waals surface area contributed by atoms with Gasteiger partial charge in [-0.15, -0.1) is 0 Å². The second-order valence-electron chi connectivity index (χ2n) is 5.51. The summed E-state index contributed by atoms with van der Waals surface area (Å²) in [4.78, 5) is 22.0. The van der Waals surface area contributed by atoms with Crippen molar-refractivity contribution in [3.63, 3.8) is 0 Å². The molecule has 7 nitrogen and oxygen atoms in total. The second kappa shape index (κ2) is 6.88. The Morgan fingerprint density at radius 1 is 1.29 bits per heavy atom. The predicted molar refractivity (Wildman–Crippen MR) is 95.9 cm³/mol. The first-order chi connectivity index (χ1) is 11.5. The highest BCUT2D eigenvalue weighted by molar-refractivity contribution is 7.99. The highest BCUT2D eigenvalue weighted by atomic mass is 32.2. The van der Waals surface area contributed by atoms with Crippen LogP contribution in [0.4, 0.5) is 5.82 Å². The first kappa shape index (κ1) is 16.3. The fourth-order valence-corrected chi connectivity index (χ4v) is 2.83. The zero-order valence-electron chi connectivity index (χ0n) is 13.6. The van der Waals surface area contributed by atoms with E-state index in [1.54, 1.807) is 38.6 Å². The van der Waals surface area contributed by atoms with E-state index >= 15 is 0 Å². The molecular weight excluding hydrogens is 324 g/mol. The number of amidine groups is 1. The van der Waals surface area contributed by atoms with Crippen molar-refractivity contribution >= 4 is 29.5 Å². The van der Waals surface area contributed by atoms with Gasteiger partial charge in [-0.25, -0.2) is 4.98 Å². The molecule has 1 atom stereocenters. The van der Waals surface area contributed by atoms with Crippen molar-refractivity contribution in [3.8, 4) is 0 Å². The first-order valence-corrected chi connectivity index (χ1v) is 8.25. The van der Waals surface area contributed by atoms with E-state index in [1.807, 2.05) is 19.1 Å². The third kappa shape index (κ3) is 3.48. The van der Waals surface area contributed by atoms with E-state index in [1.165, 1.54) is 16.8 Å². The summed E-state index contributed by atoms with van der Waals surface area (Å²) in [6.07, 6.45) is 3.31. The van der Waals surface area contributed by atoms with Crippen LogP contribution in [0.3, 0.4) is 0 Å². The summed E-state index contributed by atoms with van der Waals surface area (Å²) in [7, 11) is 3.43. The van der Waals surface area contributed by atoms with Gasteiger partial charge in [0.1, 0.15) is 11.5 Å². The molecule has 0 fully saturated rings. The van der Waals surface area contributed by atoms with Crippen LogP contribution >= 0.6 is 11.9 Å². The fourth-order valence-electron chi connectivity index (χ4n) is 2.15. The monoisotopic (exact) mass is 342 g/mol. The molecule has 2 N–H and O–H groups in total. The van der Waals surface area contributed by atoms with Crippen LogP contribution in [-0.2, 0) is 0 Å². The molecular formula is C16H18N6OS. The van der Waals surface area contributed by atoms with Crippen LogP contribution in [0, 0.1) is 6.92 Å². The van der Waals surface area contributed by atoms with Gasteiger partial charge in [-0.2, -0.15) is 4.40 Å². The highest BCUT2D eigenvalue weighted by Gasteiger charge is 2.21. The average molecular weight is 342 g/mol. The Hall–Kier alpha value is -2.61. The normalized spacial score (nSPS) is 16.3. The van der Waals surface area contributed by atoms with E-state index in [-0.39, 0.29) is 11.4 Å². The molecule has 1 aliphatic rings. The van der Waals surface area contributed by atoms with Crippen molar-refractivity contribution in [2.24, 2.45) is 4.40 Å². The number of amides is 1. The number of aromatic nitrogens is 2. The molecule has 3 heterocycles. The lowest BCUT2D eigenvalue weighted by Crippen LogP contribution is -2.34. The molecule has 0 spiro atoms. The van der Waals surface area contributed by atoms with Gasteiger partial charge in [0.25, 0.3) is 5.91 Å². The van der Waals surface area contributed by atoms with Crippen molar-refractivity contribution in [2.45, 2.75) is 12.4 Å². The Balaban J connectivity index is 1.65. The third-order valence-electron chi connectivity index (χ3n) is 3.45. The van der Waals surface area contributed by atoms with Gasteiger partial charge in [0, 0.05) is 38.4 Å². The third-order valence-corrected chi connectivity index (χ3v) is 4.19. The van der Waals surface area contributed by atoms with E-state index in [4.69, 9.17) is 0 Å². The lowest BCUT2D eigenvalue weighted by atomic mass is 10.2. The van der Waals surface area contributed by atoms with Crippen molar-refractivity contribution in [1.29, 1.82) is 0 Å². The smallest absolute Gasteiger partial charge is 0.254 e. The van der Waals surface area contributed by atoms with Gasteiger partial charge in [-0.3, -0.25) is 9.78 Å². The number of aryl methyl sites for hydroxylation is 1. The Labute approximate surface area is 144 Å². The number of carbonyl (C=O) groups is 1. The summed E-state index contributed by atoms with van der Waals surface area (Å²) in [6, 6.07) is 7.44. The summed E-state index contributed by atoms with van der Waals surface area (Å²) in [5, 5.41) is 6.55.